The van der Waals surface area contributed by atoms with Crippen molar-refractivity contribution in [1.29, 1.82) is 0 Å². The maximum Gasteiger partial charge on any atom is 0.245 e. The van der Waals surface area contributed by atoms with Crippen LogP contribution in [0.4, 0.5) is 0 Å². The zero-order chi connectivity index (χ0) is 14.1. The van der Waals surface area contributed by atoms with Crippen molar-refractivity contribution in [1.82, 2.24) is 4.57 Å². The minimum atomic E-state index is 0.721. The van der Waals surface area contributed by atoms with E-state index in [1.54, 1.807) is 12.5 Å². The highest BCUT2D eigenvalue weighted by Gasteiger charge is 2.17. The summed E-state index contributed by atoms with van der Waals surface area (Å²) in [6.45, 7) is 1.44. The normalized spacial score (nSPS) is 11.2. The molecule has 4 nitrogen and oxygen atoms in total. The van der Waals surface area contributed by atoms with Crippen LogP contribution in [0.3, 0.4) is 0 Å². The average Bonchev–Trinajstić information content (AvgIpc) is 3.23. The molecule has 0 spiro atoms. The van der Waals surface area contributed by atoms with Crippen LogP contribution >= 0.6 is 0 Å². The summed E-state index contributed by atoms with van der Waals surface area (Å²) in [6.07, 6.45) is 5.52. The van der Waals surface area contributed by atoms with Gasteiger partial charge in [0.1, 0.15) is 24.6 Å². The molecule has 1 aromatic carbocycles. The summed E-state index contributed by atoms with van der Waals surface area (Å²) in [4.78, 5) is 0. The number of aromatic nitrogens is 2. The number of hydrogen-bond donors (Lipinski definition) is 0. The van der Waals surface area contributed by atoms with Crippen molar-refractivity contribution in [2.24, 2.45) is 0 Å². The Kier molecular flexibility index (Phi) is 2.85. The fourth-order valence-electron chi connectivity index (χ4n) is 2.64. The Bertz CT molecular complexity index is 772. The van der Waals surface area contributed by atoms with Crippen molar-refractivity contribution in [3.8, 4) is 0 Å². The zero-order valence-electron chi connectivity index (χ0n) is 11.5. The molecular weight excluding hydrogens is 264 g/mol. The molecule has 4 heteroatoms. The largest absolute Gasteiger partial charge is 0.465 e. The van der Waals surface area contributed by atoms with Crippen LogP contribution in [0.1, 0.15) is 11.5 Å². The van der Waals surface area contributed by atoms with E-state index >= 15 is 0 Å². The molecule has 0 radical (unpaired) electrons. The van der Waals surface area contributed by atoms with Gasteiger partial charge in [-0.15, -0.1) is 0 Å². The minimum Gasteiger partial charge on any atom is -0.465 e. The Morgan fingerprint density at radius 3 is 2.38 bits per heavy atom. The summed E-state index contributed by atoms with van der Waals surface area (Å²) in [6, 6.07) is 16.2. The summed E-state index contributed by atoms with van der Waals surface area (Å²) < 4.78 is 15.3. The quantitative estimate of drug-likeness (QED) is 0.538. The molecule has 0 bridgehead atoms. The summed E-state index contributed by atoms with van der Waals surface area (Å²) in [5, 5.41) is 0. The second-order valence-corrected chi connectivity index (χ2v) is 5.02. The van der Waals surface area contributed by atoms with Crippen LogP contribution in [-0.2, 0) is 13.1 Å². The summed E-state index contributed by atoms with van der Waals surface area (Å²) in [5.74, 6) is 1.89. The average molecular weight is 279 g/mol. The fourth-order valence-corrected chi connectivity index (χ4v) is 2.64. The van der Waals surface area contributed by atoms with Crippen LogP contribution in [0.25, 0.3) is 11.0 Å². The van der Waals surface area contributed by atoms with E-state index in [2.05, 4.69) is 39.7 Å². The van der Waals surface area contributed by atoms with Crippen molar-refractivity contribution in [2.75, 3.05) is 0 Å². The second kappa shape index (κ2) is 4.98. The Morgan fingerprint density at radius 2 is 1.62 bits per heavy atom. The molecule has 21 heavy (non-hydrogen) atoms. The highest BCUT2D eigenvalue weighted by Crippen LogP contribution is 2.14. The third-order valence-corrected chi connectivity index (χ3v) is 3.59. The summed E-state index contributed by atoms with van der Waals surface area (Å²) in [5.41, 5.74) is 2.36. The Balaban J connectivity index is 1.77. The van der Waals surface area contributed by atoms with Gasteiger partial charge in [0.15, 0.2) is 11.0 Å². The van der Waals surface area contributed by atoms with E-state index in [1.165, 1.54) is 11.0 Å². The predicted octanol–water partition coefficient (Wildman–Crippen LogP) is 3.21. The lowest BCUT2D eigenvalue weighted by Gasteiger charge is -1.93. The van der Waals surface area contributed by atoms with Crippen LogP contribution in [0.2, 0.25) is 0 Å². The maximum atomic E-state index is 5.45. The van der Waals surface area contributed by atoms with Crippen LogP contribution in [0, 0.1) is 0 Å². The first-order chi connectivity index (χ1) is 10.4. The first-order valence-corrected chi connectivity index (χ1v) is 6.92. The standard InChI is InChI=1S/C17H15N2O2/c1-2-8-17-16(7-1)18(11-14-5-3-9-20-14)13-19(17)12-15-6-4-10-21-15/h1-10,13H,11-12H2/q+1. The Morgan fingerprint density at radius 1 is 0.857 bits per heavy atom. The van der Waals surface area contributed by atoms with Gasteiger partial charge in [-0.2, -0.15) is 0 Å². The lowest BCUT2D eigenvalue weighted by molar-refractivity contribution is -0.665. The molecule has 3 heterocycles. The highest BCUT2D eigenvalue weighted by atomic mass is 16.3. The van der Waals surface area contributed by atoms with Crippen LogP contribution in [0.15, 0.2) is 76.2 Å². The molecule has 0 N–H and O–H groups in total. The molecule has 0 aliphatic heterocycles. The van der Waals surface area contributed by atoms with Gasteiger partial charge in [0, 0.05) is 0 Å². The van der Waals surface area contributed by atoms with E-state index in [4.69, 9.17) is 8.83 Å². The van der Waals surface area contributed by atoms with Crippen molar-refractivity contribution < 1.29 is 13.4 Å². The van der Waals surface area contributed by atoms with E-state index in [-0.39, 0.29) is 0 Å². The van der Waals surface area contributed by atoms with Crippen molar-refractivity contribution in [2.45, 2.75) is 13.1 Å². The van der Waals surface area contributed by atoms with Gasteiger partial charge in [0.2, 0.25) is 6.33 Å². The Hall–Kier alpha value is -2.75. The minimum absolute atomic E-state index is 0.721. The fraction of sp³-hybridized carbons (Fsp3) is 0.118. The first-order valence-electron chi connectivity index (χ1n) is 6.92. The molecule has 0 saturated heterocycles. The van der Waals surface area contributed by atoms with Gasteiger partial charge >= 0.3 is 0 Å². The zero-order valence-corrected chi connectivity index (χ0v) is 11.5. The second-order valence-electron chi connectivity index (χ2n) is 5.02. The number of para-hydroxylation sites is 2. The van der Waals surface area contributed by atoms with E-state index in [0.717, 1.165) is 24.6 Å². The molecule has 0 atom stereocenters. The molecule has 4 rings (SSSR count). The summed E-state index contributed by atoms with van der Waals surface area (Å²) >= 11 is 0. The number of furan rings is 2. The van der Waals surface area contributed by atoms with Crippen LogP contribution in [0.5, 0.6) is 0 Å². The summed E-state index contributed by atoms with van der Waals surface area (Å²) in [7, 11) is 0. The molecule has 3 aromatic heterocycles. The van der Waals surface area contributed by atoms with Crippen molar-refractivity contribution in [3.63, 3.8) is 0 Å². The molecule has 0 amide bonds. The highest BCUT2D eigenvalue weighted by molar-refractivity contribution is 5.71. The van der Waals surface area contributed by atoms with Crippen LogP contribution in [-0.4, -0.2) is 4.57 Å². The number of benzene rings is 1. The molecule has 0 aliphatic carbocycles. The van der Waals surface area contributed by atoms with E-state index in [0.29, 0.717) is 0 Å². The third kappa shape index (κ3) is 2.25. The van der Waals surface area contributed by atoms with E-state index in [1.807, 2.05) is 24.3 Å². The van der Waals surface area contributed by atoms with Gasteiger partial charge in [-0.25, -0.2) is 9.13 Å². The van der Waals surface area contributed by atoms with Gasteiger partial charge in [-0.05, 0) is 36.4 Å². The third-order valence-electron chi connectivity index (χ3n) is 3.59. The first kappa shape index (κ1) is 12.0. The maximum absolute atomic E-state index is 5.45. The van der Waals surface area contributed by atoms with E-state index < -0.39 is 0 Å². The monoisotopic (exact) mass is 279 g/mol. The molecule has 0 fully saturated rings. The molecule has 0 aliphatic rings. The van der Waals surface area contributed by atoms with E-state index in [9.17, 15) is 0 Å². The predicted molar refractivity (Wildman–Crippen MR) is 77.8 cm³/mol. The van der Waals surface area contributed by atoms with Crippen molar-refractivity contribution in [3.05, 3.63) is 78.9 Å². The molecule has 0 unspecified atom stereocenters. The van der Waals surface area contributed by atoms with Gasteiger partial charge in [0.05, 0.1) is 12.5 Å². The van der Waals surface area contributed by atoms with Crippen LogP contribution < -0.4 is 4.57 Å². The van der Waals surface area contributed by atoms with Gasteiger partial charge in [0.25, 0.3) is 0 Å². The number of fused-ring (bicyclic) bond motifs is 1. The number of rotatable bonds is 4. The topological polar surface area (TPSA) is 35.1 Å². The Labute approximate surface area is 121 Å². The molecule has 4 aromatic rings. The number of nitrogens with zero attached hydrogens (tertiary/aromatic N) is 2. The molecular formula is C17H15N2O2+. The smallest absolute Gasteiger partial charge is 0.245 e. The molecule has 104 valence electrons. The van der Waals surface area contributed by atoms with Gasteiger partial charge in [-0.3, -0.25) is 0 Å². The number of hydrogen-bond acceptors (Lipinski definition) is 2. The van der Waals surface area contributed by atoms with Gasteiger partial charge < -0.3 is 8.83 Å². The SMILES string of the molecule is c1coc(Cn2c[n+](Cc3ccco3)c3ccccc32)c1. The lowest BCUT2D eigenvalue weighted by Crippen LogP contribution is -2.32. The lowest BCUT2D eigenvalue weighted by atomic mass is 10.3. The van der Waals surface area contributed by atoms with Crippen molar-refractivity contribution >= 4 is 11.0 Å². The number of imidazole rings is 1. The van der Waals surface area contributed by atoms with Gasteiger partial charge in [-0.1, -0.05) is 12.1 Å². The molecule has 0 saturated carbocycles.